The maximum absolute atomic E-state index is 12.8. The molecule has 0 radical (unpaired) electrons. The molecule has 1 unspecified atom stereocenters. The highest BCUT2D eigenvalue weighted by molar-refractivity contribution is 5.97. The van der Waals surface area contributed by atoms with Crippen LogP contribution in [0.4, 0.5) is 0 Å². The standard InChI is InChI=1S/C18H23N5O4/c1-12-4-5-16(25)14(9-12)18(27)22-7-2-3-13(10-22)23-11-15(20-21-23)17(26)19-6-8-24/h4-5,9,11,13,24-25H,2-3,6-8,10H2,1H3,(H,19,26). The minimum atomic E-state index is -0.399. The first-order valence-electron chi connectivity index (χ1n) is 8.89. The lowest BCUT2D eigenvalue weighted by Gasteiger charge is -2.32. The van der Waals surface area contributed by atoms with E-state index in [1.54, 1.807) is 27.9 Å². The number of benzene rings is 1. The van der Waals surface area contributed by atoms with Crippen LogP contribution in [0.15, 0.2) is 24.4 Å². The summed E-state index contributed by atoms with van der Waals surface area (Å²) in [4.78, 5) is 26.4. The van der Waals surface area contributed by atoms with Crippen LogP contribution >= 0.6 is 0 Å². The van der Waals surface area contributed by atoms with Crippen LogP contribution in [-0.2, 0) is 0 Å². The predicted octanol–water partition coefficient (Wildman–Crippen LogP) is 0.492. The Morgan fingerprint density at radius 2 is 2.19 bits per heavy atom. The van der Waals surface area contributed by atoms with Gasteiger partial charge in [-0.2, -0.15) is 0 Å². The third-order valence-corrected chi connectivity index (χ3v) is 4.58. The number of rotatable bonds is 5. The largest absolute Gasteiger partial charge is 0.507 e. The quantitative estimate of drug-likeness (QED) is 0.702. The molecule has 0 aliphatic carbocycles. The smallest absolute Gasteiger partial charge is 0.273 e. The summed E-state index contributed by atoms with van der Waals surface area (Å²) >= 11 is 0. The first-order valence-corrected chi connectivity index (χ1v) is 8.89. The molecule has 0 bridgehead atoms. The summed E-state index contributed by atoms with van der Waals surface area (Å²) in [5, 5.41) is 29.2. The number of aliphatic hydroxyl groups excluding tert-OH is 1. The van der Waals surface area contributed by atoms with Gasteiger partial charge in [-0.1, -0.05) is 16.8 Å². The van der Waals surface area contributed by atoms with E-state index in [9.17, 15) is 14.7 Å². The number of likely N-dealkylation sites (tertiary alicyclic amines) is 1. The van der Waals surface area contributed by atoms with Gasteiger partial charge in [0, 0.05) is 19.6 Å². The summed E-state index contributed by atoms with van der Waals surface area (Å²) < 4.78 is 1.60. The number of piperidine rings is 1. The van der Waals surface area contributed by atoms with Crippen LogP contribution in [0.2, 0.25) is 0 Å². The lowest BCUT2D eigenvalue weighted by molar-refractivity contribution is 0.0668. The number of aromatic nitrogens is 3. The molecular weight excluding hydrogens is 350 g/mol. The van der Waals surface area contributed by atoms with E-state index >= 15 is 0 Å². The molecule has 2 amide bonds. The van der Waals surface area contributed by atoms with Crippen LogP contribution < -0.4 is 5.32 Å². The number of hydrogen-bond acceptors (Lipinski definition) is 6. The topological polar surface area (TPSA) is 121 Å². The molecule has 1 saturated heterocycles. The Kier molecular flexibility index (Phi) is 5.70. The molecule has 1 aromatic carbocycles. The van der Waals surface area contributed by atoms with Crippen molar-refractivity contribution in [2.45, 2.75) is 25.8 Å². The van der Waals surface area contributed by atoms with Gasteiger partial charge in [-0.05, 0) is 31.9 Å². The van der Waals surface area contributed by atoms with E-state index in [1.807, 2.05) is 6.92 Å². The Hall–Kier alpha value is -2.94. The van der Waals surface area contributed by atoms with Gasteiger partial charge >= 0.3 is 0 Å². The number of aromatic hydroxyl groups is 1. The molecule has 144 valence electrons. The van der Waals surface area contributed by atoms with Gasteiger partial charge in [0.1, 0.15) is 5.75 Å². The minimum Gasteiger partial charge on any atom is -0.507 e. The second-order valence-electron chi connectivity index (χ2n) is 6.63. The van der Waals surface area contributed by atoms with Crippen molar-refractivity contribution in [3.8, 4) is 5.75 Å². The number of nitrogens with one attached hydrogen (secondary N) is 1. The highest BCUT2D eigenvalue weighted by Gasteiger charge is 2.28. The van der Waals surface area contributed by atoms with Crippen molar-refractivity contribution in [3.05, 3.63) is 41.2 Å². The van der Waals surface area contributed by atoms with E-state index < -0.39 is 5.91 Å². The van der Waals surface area contributed by atoms with Crippen LogP contribution in [0, 0.1) is 6.92 Å². The molecule has 9 heteroatoms. The highest BCUT2D eigenvalue weighted by atomic mass is 16.3. The van der Waals surface area contributed by atoms with E-state index in [0.717, 1.165) is 18.4 Å². The second kappa shape index (κ2) is 8.17. The Bertz CT molecular complexity index is 835. The number of aliphatic hydroxyl groups is 1. The molecule has 1 atom stereocenters. The SMILES string of the molecule is Cc1ccc(O)c(C(=O)N2CCCC(n3cc(C(=O)NCCO)nn3)C2)c1. The maximum atomic E-state index is 12.8. The molecule has 27 heavy (non-hydrogen) atoms. The van der Waals surface area contributed by atoms with E-state index in [-0.39, 0.29) is 36.5 Å². The molecule has 2 heterocycles. The fraction of sp³-hybridized carbons (Fsp3) is 0.444. The van der Waals surface area contributed by atoms with Gasteiger partial charge in [-0.25, -0.2) is 4.68 Å². The number of carbonyl (C=O) groups excluding carboxylic acids is 2. The molecule has 0 saturated carbocycles. The third kappa shape index (κ3) is 4.25. The lowest BCUT2D eigenvalue weighted by atomic mass is 10.0. The van der Waals surface area contributed by atoms with Crippen LogP contribution in [0.3, 0.4) is 0 Å². The fourth-order valence-electron chi connectivity index (χ4n) is 3.17. The molecule has 2 aromatic rings. The third-order valence-electron chi connectivity index (χ3n) is 4.58. The second-order valence-corrected chi connectivity index (χ2v) is 6.63. The number of phenolic OH excluding ortho intramolecular Hbond substituents is 1. The average Bonchev–Trinajstić information content (AvgIpc) is 3.18. The van der Waals surface area contributed by atoms with Crippen molar-refractivity contribution in [1.82, 2.24) is 25.2 Å². The zero-order valence-corrected chi connectivity index (χ0v) is 15.1. The molecular formula is C18H23N5O4. The number of hydrogen-bond donors (Lipinski definition) is 3. The van der Waals surface area contributed by atoms with E-state index in [1.165, 1.54) is 6.07 Å². The Balaban J connectivity index is 1.71. The van der Waals surface area contributed by atoms with Crippen LogP contribution in [0.25, 0.3) is 0 Å². The number of phenols is 1. The monoisotopic (exact) mass is 373 g/mol. The molecule has 1 aromatic heterocycles. The zero-order chi connectivity index (χ0) is 19.4. The van der Waals surface area contributed by atoms with Crippen molar-refractivity contribution in [2.75, 3.05) is 26.2 Å². The number of amides is 2. The Morgan fingerprint density at radius 3 is 2.96 bits per heavy atom. The Labute approximate surface area is 156 Å². The number of aryl methyl sites for hydroxylation is 1. The highest BCUT2D eigenvalue weighted by Crippen LogP contribution is 2.25. The molecule has 9 nitrogen and oxygen atoms in total. The van der Waals surface area contributed by atoms with Crippen LogP contribution in [0.5, 0.6) is 5.75 Å². The summed E-state index contributed by atoms with van der Waals surface area (Å²) in [7, 11) is 0. The fourth-order valence-corrected chi connectivity index (χ4v) is 3.17. The maximum Gasteiger partial charge on any atom is 0.273 e. The summed E-state index contributed by atoms with van der Waals surface area (Å²) in [6.45, 7) is 2.89. The predicted molar refractivity (Wildman–Crippen MR) is 96.5 cm³/mol. The van der Waals surface area contributed by atoms with Crippen molar-refractivity contribution in [3.63, 3.8) is 0 Å². The number of nitrogens with zero attached hydrogens (tertiary/aromatic N) is 4. The van der Waals surface area contributed by atoms with Crippen molar-refractivity contribution >= 4 is 11.8 Å². The normalized spacial score (nSPS) is 17.0. The first-order chi connectivity index (χ1) is 13.0. The van der Waals surface area contributed by atoms with E-state index in [2.05, 4.69) is 15.6 Å². The zero-order valence-electron chi connectivity index (χ0n) is 15.1. The average molecular weight is 373 g/mol. The molecule has 0 spiro atoms. The first kappa shape index (κ1) is 18.8. The molecule has 1 fully saturated rings. The van der Waals surface area contributed by atoms with Gasteiger partial charge < -0.3 is 20.4 Å². The summed E-state index contributed by atoms with van der Waals surface area (Å²) in [6.07, 6.45) is 3.15. The van der Waals surface area contributed by atoms with Gasteiger partial charge in [0.25, 0.3) is 11.8 Å². The van der Waals surface area contributed by atoms with Gasteiger partial charge in [0.2, 0.25) is 0 Å². The molecule has 3 rings (SSSR count). The van der Waals surface area contributed by atoms with Gasteiger partial charge in [-0.3, -0.25) is 9.59 Å². The minimum absolute atomic E-state index is 0.0312. The van der Waals surface area contributed by atoms with Gasteiger partial charge in [-0.15, -0.1) is 5.10 Å². The van der Waals surface area contributed by atoms with E-state index in [0.29, 0.717) is 18.7 Å². The summed E-state index contributed by atoms with van der Waals surface area (Å²) in [5.74, 6) is -0.651. The summed E-state index contributed by atoms with van der Waals surface area (Å²) in [6, 6.07) is 4.87. The molecule has 3 N–H and O–H groups in total. The van der Waals surface area contributed by atoms with E-state index in [4.69, 9.17) is 5.11 Å². The van der Waals surface area contributed by atoms with Crippen molar-refractivity contribution in [2.24, 2.45) is 0 Å². The van der Waals surface area contributed by atoms with Crippen molar-refractivity contribution < 1.29 is 19.8 Å². The van der Waals surface area contributed by atoms with Gasteiger partial charge in [0.05, 0.1) is 24.4 Å². The van der Waals surface area contributed by atoms with Crippen LogP contribution in [0.1, 0.15) is 45.3 Å². The molecule has 1 aliphatic rings. The van der Waals surface area contributed by atoms with Crippen molar-refractivity contribution in [1.29, 1.82) is 0 Å². The van der Waals surface area contributed by atoms with Gasteiger partial charge in [0.15, 0.2) is 5.69 Å². The Morgan fingerprint density at radius 1 is 1.37 bits per heavy atom. The molecule has 1 aliphatic heterocycles. The number of carbonyl (C=O) groups is 2. The lowest BCUT2D eigenvalue weighted by Crippen LogP contribution is -2.41. The van der Waals surface area contributed by atoms with Crippen LogP contribution in [-0.4, -0.2) is 68.2 Å². The summed E-state index contributed by atoms with van der Waals surface area (Å²) in [5.41, 5.74) is 1.36.